The number of piperazine rings is 1. The Hall–Kier alpha value is -3.59. The summed E-state index contributed by atoms with van der Waals surface area (Å²) >= 11 is 0. The van der Waals surface area contributed by atoms with Gasteiger partial charge in [-0.15, -0.1) is 0 Å². The van der Waals surface area contributed by atoms with Gasteiger partial charge in [-0.05, 0) is 48.9 Å². The van der Waals surface area contributed by atoms with E-state index < -0.39 is 0 Å². The van der Waals surface area contributed by atoms with Crippen LogP contribution in [0.25, 0.3) is 11.1 Å². The molecule has 35 heavy (non-hydrogen) atoms. The molecule has 1 saturated heterocycles. The lowest BCUT2D eigenvalue weighted by molar-refractivity contribution is 0.0672. The summed E-state index contributed by atoms with van der Waals surface area (Å²) in [7, 11) is 0. The number of furan rings is 1. The summed E-state index contributed by atoms with van der Waals surface area (Å²) in [6.45, 7) is 14.3. The van der Waals surface area contributed by atoms with E-state index in [9.17, 15) is 10.1 Å². The highest BCUT2D eigenvalue weighted by molar-refractivity contribution is 5.95. The van der Waals surface area contributed by atoms with Crippen LogP contribution in [0, 0.1) is 18.3 Å². The number of hydrogen-bond acceptors (Lipinski definition) is 5. The third-order valence-electron chi connectivity index (χ3n) is 6.86. The summed E-state index contributed by atoms with van der Waals surface area (Å²) < 4.78 is 5.33. The number of aromatic nitrogens is 1. The van der Waals surface area contributed by atoms with Gasteiger partial charge in [0.25, 0.3) is 5.91 Å². The number of benzene rings is 1. The third kappa shape index (κ3) is 4.81. The van der Waals surface area contributed by atoms with Crippen molar-refractivity contribution in [2.24, 2.45) is 0 Å². The van der Waals surface area contributed by atoms with Gasteiger partial charge in [0.2, 0.25) is 0 Å². The highest BCUT2D eigenvalue weighted by Gasteiger charge is 2.31. The van der Waals surface area contributed by atoms with Crippen molar-refractivity contribution in [3.8, 4) is 17.2 Å². The molecule has 1 fully saturated rings. The van der Waals surface area contributed by atoms with Crippen LogP contribution < -0.4 is 4.90 Å². The third-order valence-corrected chi connectivity index (χ3v) is 6.86. The second kappa shape index (κ2) is 9.95. The summed E-state index contributed by atoms with van der Waals surface area (Å²) in [4.78, 5) is 22.1. The molecule has 2 aromatic heterocycles. The highest BCUT2D eigenvalue weighted by atomic mass is 16.3. The number of rotatable bonds is 5. The molecule has 0 saturated carbocycles. The average Bonchev–Trinajstić information content (AvgIpc) is 3.28. The Labute approximate surface area is 208 Å². The Kier molecular flexibility index (Phi) is 6.98. The topological polar surface area (TPSA) is 73.4 Å². The van der Waals surface area contributed by atoms with Crippen molar-refractivity contribution in [3.63, 3.8) is 0 Å². The van der Waals surface area contributed by atoms with Gasteiger partial charge in [0.1, 0.15) is 17.6 Å². The summed E-state index contributed by atoms with van der Waals surface area (Å²) in [6, 6.07) is 14.6. The number of hydrogen-bond donors (Lipinski definition) is 0. The lowest BCUT2D eigenvalue weighted by Crippen LogP contribution is -2.54. The molecule has 1 amide bonds. The van der Waals surface area contributed by atoms with Crippen molar-refractivity contribution in [2.45, 2.75) is 59.4 Å². The van der Waals surface area contributed by atoms with E-state index in [1.54, 1.807) is 12.3 Å². The maximum atomic E-state index is 13.0. The van der Waals surface area contributed by atoms with E-state index in [0.717, 1.165) is 16.8 Å². The molecule has 182 valence electrons. The van der Waals surface area contributed by atoms with Gasteiger partial charge in [0, 0.05) is 31.2 Å². The molecular weight excluding hydrogens is 436 g/mol. The van der Waals surface area contributed by atoms with Crippen LogP contribution in [0.4, 0.5) is 5.82 Å². The summed E-state index contributed by atoms with van der Waals surface area (Å²) in [5.41, 5.74) is 5.53. The minimum atomic E-state index is -0.0235. The van der Waals surface area contributed by atoms with E-state index in [1.165, 1.54) is 5.56 Å². The molecule has 4 rings (SSSR count). The number of nitriles is 1. The van der Waals surface area contributed by atoms with Crippen LogP contribution in [0.15, 0.2) is 47.1 Å². The minimum Gasteiger partial charge on any atom is -0.469 e. The molecule has 0 N–H and O–H groups in total. The van der Waals surface area contributed by atoms with Crippen molar-refractivity contribution in [1.29, 1.82) is 5.26 Å². The quantitative estimate of drug-likeness (QED) is 0.449. The first-order valence-corrected chi connectivity index (χ1v) is 12.4. The van der Waals surface area contributed by atoms with Crippen molar-refractivity contribution in [2.75, 3.05) is 24.5 Å². The first kappa shape index (κ1) is 24.5. The molecule has 0 spiro atoms. The maximum Gasteiger partial charge on any atom is 0.257 e. The van der Waals surface area contributed by atoms with Gasteiger partial charge < -0.3 is 14.2 Å². The lowest BCUT2D eigenvalue weighted by Gasteiger charge is -2.40. The first-order chi connectivity index (χ1) is 16.7. The second-order valence-electron chi connectivity index (χ2n) is 10.0. The number of nitrogens with zero attached hydrogens (tertiary/aromatic N) is 4. The van der Waals surface area contributed by atoms with Gasteiger partial charge in [0.15, 0.2) is 0 Å². The maximum absolute atomic E-state index is 13.0. The number of carbonyl (C=O) groups excluding carboxylic acids is 1. The van der Waals surface area contributed by atoms with Crippen LogP contribution in [-0.2, 0) is 0 Å². The van der Waals surface area contributed by atoms with Crippen LogP contribution in [0.5, 0.6) is 0 Å². The average molecular weight is 471 g/mol. The van der Waals surface area contributed by atoms with E-state index in [2.05, 4.69) is 62.9 Å². The molecule has 0 unspecified atom stereocenters. The zero-order valence-corrected chi connectivity index (χ0v) is 21.5. The number of amides is 1. The summed E-state index contributed by atoms with van der Waals surface area (Å²) in [5, 5.41) is 10.0. The van der Waals surface area contributed by atoms with E-state index >= 15 is 0 Å². The standard InChI is InChI=1S/C29H34N4O2/c1-18(2)22-7-9-23(10-8-22)26-15-24(16-30)28(31-27(26)19(3)4)32-12-13-33(20(5)17-32)29(34)25-11-14-35-21(25)6/h7-11,14-15,18-20H,12-13,17H2,1-6H3/t20-/m1/s1. The molecule has 1 aliphatic heterocycles. The van der Waals surface area contributed by atoms with Gasteiger partial charge in [-0.25, -0.2) is 4.98 Å². The number of pyridine rings is 1. The second-order valence-corrected chi connectivity index (χ2v) is 10.0. The Morgan fingerprint density at radius 1 is 1.11 bits per heavy atom. The Bertz CT molecular complexity index is 1250. The van der Waals surface area contributed by atoms with Crippen molar-refractivity contribution >= 4 is 11.7 Å². The zero-order chi connectivity index (χ0) is 25.3. The number of aryl methyl sites for hydroxylation is 1. The Morgan fingerprint density at radius 2 is 1.83 bits per heavy atom. The van der Waals surface area contributed by atoms with E-state index in [0.29, 0.717) is 48.3 Å². The van der Waals surface area contributed by atoms with Gasteiger partial charge in [-0.3, -0.25) is 4.79 Å². The molecule has 1 aromatic carbocycles. The SMILES string of the molecule is Cc1occc1C(=O)N1CCN(c2nc(C(C)C)c(-c3ccc(C(C)C)cc3)cc2C#N)C[C@H]1C. The minimum absolute atomic E-state index is 0.0140. The predicted octanol–water partition coefficient (Wildman–Crippen LogP) is 6.12. The van der Waals surface area contributed by atoms with Gasteiger partial charge >= 0.3 is 0 Å². The highest BCUT2D eigenvalue weighted by Crippen LogP contribution is 2.34. The zero-order valence-electron chi connectivity index (χ0n) is 21.5. The monoisotopic (exact) mass is 470 g/mol. The summed E-state index contributed by atoms with van der Waals surface area (Å²) in [6.07, 6.45) is 1.55. The molecule has 3 heterocycles. The largest absolute Gasteiger partial charge is 0.469 e. The van der Waals surface area contributed by atoms with E-state index in [1.807, 2.05) is 24.8 Å². The van der Waals surface area contributed by atoms with E-state index in [-0.39, 0.29) is 17.9 Å². The van der Waals surface area contributed by atoms with Crippen molar-refractivity contribution < 1.29 is 9.21 Å². The van der Waals surface area contributed by atoms with Gasteiger partial charge in [-0.2, -0.15) is 5.26 Å². The van der Waals surface area contributed by atoms with Crippen molar-refractivity contribution in [1.82, 2.24) is 9.88 Å². The predicted molar refractivity (Wildman–Crippen MR) is 139 cm³/mol. The molecular formula is C29H34N4O2. The molecule has 1 aliphatic rings. The lowest BCUT2D eigenvalue weighted by atomic mass is 9.93. The summed E-state index contributed by atoms with van der Waals surface area (Å²) in [5.74, 6) is 1.99. The van der Waals surface area contributed by atoms with Crippen LogP contribution in [0.3, 0.4) is 0 Å². The van der Waals surface area contributed by atoms with Crippen LogP contribution >= 0.6 is 0 Å². The normalized spacial score (nSPS) is 16.1. The van der Waals surface area contributed by atoms with Crippen LogP contribution in [-0.4, -0.2) is 41.5 Å². The van der Waals surface area contributed by atoms with Gasteiger partial charge in [-0.1, -0.05) is 52.0 Å². The Morgan fingerprint density at radius 3 is 2.37 bits per heavy atom. The van der Waals surface area contributed by atoms with Crippen molar-refractivity contribution in [3.05, 3.63) is 70.8 Å². The molecule has 0 bridgehead atoms. The fraction of sp³-hybridized carbons (Fsp3) is 0.414. The Balaban J connectivity index is 1.64. The van der Waals surface area contributed by atoms with Crippen LogP contribution in [0.2, 0.25) is 0 Å². The fourth-order valence-corrected chi connectivity index (χ4v) is 4.77. The molecule has 6 nitrogen and oxygen atoms in total. The first-order valence-electron chi connectivity index (χ1n) is 12.4. The molecule has 3 aromatic rings. The molecule has 0 radical (unpaired) electrons. The fourth-order valence-electron chi connectivity index (χ4n) is 4.77. The van der Waals surface area contributed by atoms with E-state index in [4.69, 9.17) is 9.40 Å². The molecule has 1 atom stereocenters. The smallest absolute Gasteiger partial charge is 0.257 e. The van der Waals surface area contributed by atoms with Gasteiger partial charge in [0.05, 0.1) is 23.1 Å². The van der Waals surface area contributed by atoms with Crippen LogP contribution in [0.1, 0.15) is 79.4 Å². The number of anilines is 1. The molecule has 0 aliphatic carbocycles. The number of carbonyl (C=O) groups is 1. The molecule has 6 heteroatoms.